The van der Waals surface area contributed by atoms with Crippen molar-refractivity contribution < 1.29 is 0 Å². The van der Waals surface area contributed by atoms with Crippen LogP contribution in [0.4, 0.5) is 0 Å². The second-order valence-corrected chi connectivity index (χ2v) is 5.94. The number of hydrogen-bond donors (Lipinski definition) is 1. The van der Waals surface area contributed by atoms with Gasteiger partial charge in [0.25, 0.3) is 0 Å². The Morgan fingerprint density at radius 1 is 1.29 bits per heavy atom. The molecule has 1 aliphatic carbocycles. The maximum atomic E-state index is 4.73. The summed E-state index contributed by atoms with van der Waals surface area (Å²) in [6, 6.07) is 2.74. The Labute approximate surface area is 126 Å². The highest BCUT2D eigenvalue weighted by Crippen LogP contribution is 2.28. The van der Waals surface area contributed by atoms with Crippen LogP contribution in [-0.2, 0) is 13.1 Å². The van der Waals surface area contributed by atoms with Crippen molar-refractivity contribution in [3.8, 4) is 0 Å². The Morgan fingerprint density at radius 2 is 2.10 bits per heavy atom. The second-order valence-electron chi connectivity index (χ2n) is 5.94. The summed E-state index contributed by atoms with van der Waals surface area (Å²) in [7, 11) is 0. The lowest BCUT2D eigenvalue weighted by molar-refractivity contribution is 0.460. The fourth-order valence-electron chi connectivity index (χ4n) is 3.07. The molecule has 1 saturated carbocycles. The van der Waals surface area contributed by atoms with Crippen molar-refractivity contribution in [2.24, 2.45) is 0 Å². The van der Waals surface area contributed by atoms with Crippen LogP contribution in [0.3, 0.4) is 0 Å². The van der Waals surface area contributed by atoms with Crippen LogP contribution in [0.2, 0.25) is 0 Å². The molecule has 0 spiro atoms. The Balaban J connectivity index is 1.66. The van der Waals surface area contributed by atoms with Crippen LogP contribution in [-0.4, -0.2) is 26.1 Å². The summed E-state index contributed by atoms with van der Waals surface area (Å²) in [6.07, 6.45) is 9.48. The molecule has 1 aliphatic rings. The largest absolute Gasteiger partial charge is 0.313 e. The minimum atomic E-state index is 0.613. The molecule has 2 heterocycles. The van der Waals surface area contributed by atoms with Gasteiger partial charge in [-0.15, -0.1) is 0 Å². The summed E-state index contributed by atoms with van der Waals surface area (Å²) < 4.78 is 4.15. The lowest BCUT2D eigenvalue weighted by Crippen LogP contribution is -2.11. The molecule has 0 aliphatic heterocycles. The average molecular weight is 287 g/mol. The fourth-order valence-corrected chi connectivity index (χ4v) is 3.07. The minimum Gasteiger partial charge on any atom is -0.313 e. The number of nitrogens with one attached hydrogen (secondary N) is 1. The van der Waals surface area contributed by atoms with E-state index in [1.54, 1.807) is 0 Å². The lowest BCUT2D eigenvalue weighted by atomic mass is 10.2. The van der Waals surface area contributed by atoms with Gasteiger partial charge in [-0.25, -0.2) is 0 Å². The standard InChI is InChI=1S/C16H25N5/c1-3-17-10-14-11-20(18-13(14)2)12-15-8-9-21(19-15)16-6-4-5-7-16/h8-9,11,16-17H,3-7,10,12H2,1-2H3. The van der Waals surface area contributed by atoms with Crippen molar-refractivity contribution in [3.05, 3.63) is 35.4 Å². The zero-order chi connectivity index (χ0) is 14.7. The lowest BCUT2D eigenvalue weighted by Gasteiger charge is -2.08. The van der Waals surface area contributed by atoms with E-state index in [1.807, 2.05) is 4.68 Å². The summed E-state index contributed by atoms with van der Waals surface area (Å²) in [5.74, 6) is 0. The molecule has 0 aromatic carbocycles. The van der Waals surface area contributed by atoms with Gasteiger partial charge in [0.05, 0.1) is 24.0 Å². The molecule has 0 amide bonds. The van der Waals surface area contributed by atoms with Gasteiger partial charge < -0.3 is 5.32 Å². The zero-order valence-electron chi connectivity index (χ0n) is 13.0. The summed E-state index contributed by atoms with van der Waals surface area (Å²) in [4.78, 5) is 0. The van der Waals surface area contributed by atoms with Crippen LogP contribution in [0.5, 0.6) is 0 Å². The molecule has 1 fully saturated rings. The third-order valence-corrected chi connectivity index (χ3v) is 4.30. The molecule has 2 aromatic heterocycles. The Bertz CT molecular complexity index is 577. The normalized spacial score (nSPS) is 15.9. The minimum absolute atomic E-state index is 0.613. The molecule has 0 atom stereocenters. The fraction of sp³-hybridized carbons (Fsp3) is 0.625. The summed E-state index contributed by atoms with van der Waals surface area (Å²) >= 11 is 0. The molecule has 5 nitrogen and oxygen atoms in total. The van der Waals surface area contributed by atoms with Crippen molar-refractivity contribution in [2.75, 3.05) is 6.54 Å². The first kappa shape index (κ1) is 14.3. The van der Waals surface area contributed by atoms with Crippen LogP contribution in [0, 0.1) is 6.92 Å². The van der Waals surface area contributed by atoms with Crippen molar-refractivity contribution in [1.82, 2.24) is 24.9 Å². The van der Waals surface area contributed by atoms with Gasteiger partial charge in [-0.1, -0.05) is 19.8 Å². The molecule has 5 heteroatoms. The zero-order valence-corrected chi connectivity index (χ0v) is 13.0. The Hall–Kier alpha value is -1.62. The van der Waals surface area contributed by atoms with Gasteiger partial charge in [-0.3, -0.25) is 9.36 Å². The number of rotatable bonds is 6. The predicted octanol–water partition coefficient (Wildman–Crippen LogP) is 2.66. The molecule has 3 rings (SSSR count). The van der Waals surface area contributed by atoms with E-state index in [4.69, 9.17) is 5.10 Å². The summed E-state index contributed by atoms with van der Waals surface area (Å²) in [5, 5.41) is 12.7. The van der Waals surface area contributed by atoms with Crippen LogP contribution in [0.1, 0.15) is 55.6 Å². The van der Waals surface area contributed by atoms with E-state index in [-0.39, 0.29) is 0 Å². The van der Waals surface area contributed by atoms with E-state index in [0.29, 0.717) is 6.04 Å². The van der Waals surface area contributed by atoms with E-state index in [1.165, 1.54) is 31.2 Å². The molecule has 2 aromatic rings. The maximum Gasteiger partial charge on any atom is 0.0850 e. The first-order chi connectivity index (χ1) is 10.3. The topological polar surface area (TPSA) is 47.7 Å². The highest BCUT2D eigenvalue weighted by atomic mass is 15.3. The van der Waals surface area contributed by atoms with E-state index in [0.717, 1.165) is 31.0 Å². The van der Waals surface area contributed by atoms with Crippen LogP contribution in [0.25, 0.3) is 0 Å². The first-order valence-corrected chi connectivity index (χ1v) is 8.04. The average Bonchev–Trinajstić information content (AvgIpc) is 3.18. The van der Waals surface area contributed by atoms with E-state index in [2.05, 4.69) is 47.4 Å². The number of hydrogen-bond acceptors (Lipinski definition) is 3. The van der Waals surface area contributed by atoms with Gasteiger partial charge in [0.15, 0.2) is 0 Å². The van der Waals surface area contributed by atoms with Crippen LogP contribution in [0.15, 0.2) is 18.5 Å². The second kappa shape index (κ2) is 6.43. The predicted molar refractivity (Wildman–Crippen MR) is 83.2 cm³/mol. The molecular formula is C16H25N5. The quantitative estimate of drug-likeness (QED) is 0.888. The van der Waals surface area contributed by atoms with Crippen molar-refractivity contribution >= 4 is 0 Å². The highest BCUT2D eigenvalue weighted by Gasteiger charge is 2.17. The monoisotopic (exact) mass is 287 g/mol. The van der Waals surface area contributed by atoms with E-state index in [9.17, 15) is 0 Å². The van der Waals surface area contributed by atoms with E-state index >= 15 is 0 Å². The number of aromatic nitrogens is 4. The SMILES string of the molecule is CCNCc1cn(Cc2ccn(C3CCCC3)n2)nc1C. The maximum absolute atomic E-state index is 4.73. The molecule has 0 bridgehead atoms. The van der Waals surface area contributed by atoms with Gasteiger partial charge in [-0.05, 0) is 32.4 Å². The molecule has 114 valence electrons. The smallest absolute Gasteiger partial charge is 0.0850 e. The van der Waals surface area contributed by atoms with Crippen LogP contribution < -0.4 is 5.32 Å². The summed E-state index contributed by atoms with van der Waals surface area (Å²) in [5.41, 5.74) is 3.47. The Kier molecular flexibility index (Phi) is 4.39. The highest BCUT2D eigenvalue weighted by molar-refractivity contribution is 5.16. The molecule has 21 heavy (non-hydrogen) atoms. The van der Waals surface area contributed by atoms with Gasteiger partial charge in [0.1, 0.15) is 0 Å². The third kappa shape index (κ3) is 3.35. The van der Waals surface area contributed by atoms with E-state index < -0.39 is 0 Å². The molecule has 1 N–H and O–H groups in total. The summed E-state index contributed by atoms with van der Waals surface area (Å²) in [6.45, 7) is 6.82. The number of aryl methyl sites for hydroxylation is 1. The van der Waals surface area contributed by atoms with Crippen LogP contribution >= 0.6 is 0 Å². The third-order valence-electron chi connectivity index (χ3n) is 4.30. The molecule has 0 radical (unpaired) electrons. The van der Waals surface area contributed by atoms with Gasteiger partial charge >= 0.3 is 0 Å². The van der Waals surface area contributed by atoms with Gasteiger partial charge in [0, 0.05) is 24.5 Å². The van der Waals surface area contributed by atoms with Gasteiger partial charge in [0.2, 0.25) is 0 Å². The molecular weight excluding hydrogens is 262 g/mol. The van der Waals surface area contributed by atoms with Crippen molar-refractivity contribution in [2.45, 2.75) is 58.7 Å². The van der Waals surface area contributed by atoms with Gasteiger partial charge in [-0.2, -0.15) is 10.2 Å². The molecule has 0 unspecified atom stereocenters. The number of nitrogens with zero attached hydrogens (tertiary/aromatic N) is 4. The van der Waals surface area contributed by atoms with Crippen molar-refractivity contribution in [1.29, 1.82) is 0 Å². The Morgan fingerprint density at radius 3 is 2.86 bits per heavy atom. The molecule has 0 saturated heterocycles. The van der Waals surface area contributed by atoms with Crippen molar-refractivity contribution in [3.63, 3.8) is 0 Å². The first-order valence-electron chi connectivity index (χ1n) is 8.04.